The molecule has 174 valence electrons. The van der Waals surface area contributed by atoms with Crippen LogP contribution in [0.1, 0.15) is 51.5 Å². The molecule has 5 rings (SSSR count). The minimum atomic E-state index is -0.866. The van der Waals surface area contributed by atoms with Gasteiger partial charge in [0.15, 0.2) is 0 Å². The number of allylic oxidation sites excluding steroid dienone is 1. The molecule has 32 heavy (non-hydrogen) atoms. The van der Waals surface area contributed by atoms with Gasteiger partial charge in [-0.05, 0) is 49.3 Å². The van der Waals surface area contributed by atoms with Crippen LogP contribution in [0.15, 0.2) is 35.9 Å². The van der Waals surface area contributed by atoms with Crippen LogP contribution < -0.4 is 0 Å². The molecule has 3 fully saturated rings. The number of esters is 1. The van der Waals surface area contributed by atoms with Gasteiger partial charge in [-0.15, -0.1) is 0 Å². The number of aliphatic hydroxyl groups excluding tert-OH is 1. The van der Waals surface area contributed by atoms with E-state index in [0.717, 1.165) is 24.8 Å². The number of benzene rings is 1. The van der Waals surface area contributed by atoms with E-state index >= 15 is 0 Å². The summed E-state index contributed by atoms with van der Waals surface area (Å²) in [6.45, 7) is 6.39. The molecule has 0 radical (unpaired) electrons. The number of rotatable bonds is 3. The molecule has 6 atom stereocenters. The number of ether oxygens (including phenoxy) is 1. The Kier molecular flexibility index (Phi) is 5.68. The standard InChI is InChI=1S/C26H34ClNO4/c1-16-4-3-5-18-14-21-22(23(29)25(16,18)2)20(24(30)32-21)15-28-12-10-26(31,11-13-28)17-6-8-19(27)9-7-17/h5-9,16,20-23,29,31H,3-4,10-15H2,1-2H3/t16-,20+,21+,22-,23-,25+/m0/s1. The second kappa shape index (κ2) is 8.12. The Morgan fingerprint density at radius 2 is 1.91 bits per heavy atom. The number of hydrogen-bond donors (Lipinski definition) is 2. The number of piperidine rings is 1. The summed E-state index contributed by atoms with van der Waals surface area (Å²) < 4.78 is 5.81. The van der Waals surface area contributed by atoms with Crippen molar-refractivity contribution in [2.24, 2.45) is 23.2 Å². The van der Waals surface area contributed by atoms with Gasteiger partial charge in [-0.3, -0.25) is 4.79 Å². The van der Waals surface area contributed by atoms with Crippen molar-refractivity contribution in [1.82, 2.24) is 4.90 Å². The molecule has 0 amide bonds. The summed E-state index contributed by atoms with van der Waals surface area (Å²) in [4.78, 5) is 15.1. The van der Waals surface area contributed by atoms with Crippen LogP contribution >= 0.6 is 11.6 Å². The number of nitrogens with zero attached hydrogens (tertiary/aromatic N) is 1. The first-order valence-corrected chi connectivity index (χ1v) is 12.4. The second-order valence-corrected chi connectivity index (χ2v) is 11.1. The van der Waals surface area contributed by atoms with Gasteiger partial charge in [0.25, 0.3) is 0 Å². The van der Waals surface area contributed by atoms with Crippen molar-refractivity contribution in [3.8, 4) is 0 Å². The highest BCUT2D eigenvalue weighted by Crippen LogP contribution is 2.56. The number of halogens is 1. The zero-order chi connectivity index (χ0) is 22.7. The average molecular weight is 460 g/mol. The van der Waals surface area contributed by atoms with E-state index in [9.17, 15) is 15.0 Å². The van der Waals surface area contributed by atoms with Crippen molar-refractivity contribution < 1.29 is 19.7 Å². The summed E-state index contributed by atoms with van der Waals surface area (Å²) in [5, 5.41) is 23.4. The lowest BCUT2D eigenvalue weighted by Gasteiger charge is -2.52. The van der Waals surface area contributed by atoms with E-state index in [1.54, 1.807) is 0 Å². The summed E-state index contributed by atoms with van der Waals surface area (Å²) in [5.41, 5.74) is 1.02. The molecular weight excluding hydrogens is 426 g/mol. The van der Waals surface area contributed by atoms with Crippen LogP contribution in [0.5, 0.6) is 0 Å². The van der Waals surface area contributed by atoms with Gasteiger partial charge < -0.3 is 19.8 Å². The first kappa shape index (κ1) is 22.4. The fourth-order valence-corrected chi connectivity index (χ4v) is 6.83. The molecule has 0 bridgehead atoms. The summed E-state index contributed by atoms with van der Waals surface area (Å²) in [5.74, 6) is -0.265. The third-order valence-electron chi connectivity index (χ3n) is 9.09. The Labute approximate surface area is 195 Å². The molecule has 0 spiro atoms. The SMILES string of the molecule is C[C@H]1CCC=C2C[C@H]3OC(=O)[C@H](CN4CCC(O)(c5ccc(Cl)cc5)CC4)[C@@H]3[C@H](O)[C@@]21C. The van der Waals surface area contributed by atoms with Crippen molar-refractivity contribution >= 4 is 17.6 Å². The van der Waals surface area contributed by atoms with Gasteiger partial charge >= 0.3 is 5.97 Å². The monoisotopic (exact) mass is 459 g/mol. The Hall–Kier alpha value is -1.40. The van der Waals surface area contributed by atoms with E-state index < -0.39 is 11.7 Å². The first-order valence-electron chi connectivity index (χ1n) is 12.0. The van der Waals surface area contributed by atoms with Gasteiger partial charge in [0.2, 0.25) is 0 Å². The lowest BCUT2D eigenvalue weighted by Crippen LogP contribution is -2.55. The molecule has 4 aliphatic rings. The van der Waals surface area contributed by atoms with E-state index in [0.29, 0.717) is 43.4 Å². The van der Waals surface area contributed by atoms with E-state index in [1.165, 1.54) is 5.57 Å². The maximum atomic E-state index is 12.9. The highest BCUT2D eigenvalue weighted by Gasteiger charge is 2.59. The minimum absolute atomic E-state index is 0.165. The van der Waals surface area contributed by atoms with Crippen LogP contribution in [-0.2, 0) is 15.1 Å². The van der Waals surface area contributed by atoms with Crippen LogP contribution in [-0.4, -0.2) is 52.9 Å². The van der Waals surface area contributed by atoms with Crippen molar-refractivity contribution in [2.75, 3.05) is 19.6 Å². The van der Waals surface area contributed by atoms with E-state index in [-0.39, 0.29) is 29.3 Å². The van der Waals surface area contributed by atoms with Gasteiger partial charge in [0, 0.05) is 42.4 Å². The zero-order valence-electron chi connectivity index (χ0n) is 19.0. The topological polar surface area (TPSA) is 70.0 Å². The molecule has 6 heteroatoms. The number of hydrogen-bond acceptors (Lipinski definition) is 5. The maximum Gasteiger partial charge on any atom is 0.311 e. The van der Waals surface area contributed by atoms with Crippen LogP contribution in [0.4, 0.5) is 0 Å². The molecule has 2 aliphatic heterocycles. The predicted molar refractivity (Wildman–Crippen MR) is 123 cm³/mol. The smallest absolute Gasteiger partial charge is 0.311 e. The third-order valence-corrected chi connectivity index (χ3v) is 9.34. The number of fused-ring (bicyclic) bond motifs is 2. The highest BCUT2D eigenvalue weighted by molar-refractivity contribution is 6.30. The molecule has 2 N–H and O–H groups in total. The van der Waals surface area contributed by atoms with Crippen molar-refractivity contribution in [2.45, 2.75) is 63.8 Å². The molecule has 1 aromatic rings. The summed E-state index contributed by atoms with van der Waals surface area (Å²) in [6, 6.07) is 7.42. The lowest BCUT2D eigenvalue weighted by atomic mass is 9.55. The van der Waals surface area contributed by atoms with Crippen LogP contribution in [0.2, 0.25) is 5.02 Å². The second-order valence-electron chi connectivity index (χ2n) is 10.6. The van der Waals surface area contributed by atoms with Crippen LogP contribution in [0.3, 0.4) is 0 Å². The van der Waals surface area contributed by atoms with E-state index in [2.05, 4.69) is 24.8 Å². The van der Waals surface area contributed by atoms with Gasteiger partial charge in [-0.25, -0.2) is 0 Å². The van der Waals surface area contributed by atoms with E-state index in [1.807, 2.05) is 24.3 Å². The van der Waals surface area contributed by atoms with Crippen molar-refractivity contribution in [3.63, 3.8) is 0 Å². The molecule has 1 saturated carbocycles. The lowest BCUT2D eigenvalue weighted by molar-refractivity contribution is -0.145. The molecular formula is C26H34ClNO4. The summed E-state index contributed by atoms with van der Waals surface area (Å²) in [7, 11) is 0. The molecule has 5 nitrogen and oxygen atoms in total. The molecule has 0 unspecified atom stereocenters. The Balaban J connectivity index is 1.29. The third kappa shape index (κ3) is 3.53. The van der Waals surface area contributed by atoms with Crippen molar-refractivity contribution in [3.05, 3.63) is 46.5 Å². The molecule has 2 heterocycles. The number of aliphatic hydroxyl groups is 2. The molecule has 0 aromatic heterocycles. The predicted octanol–water partition coefficient (Wildman–Crippen LogP) is 3.91. The Morgan fingerprint density at radius 1 is 1.22 bits per heavy atom. The normalized spacial score (nSPS) is 39.1. The van der Waals surface area contributed by atoms with Crippen LogP contribution in [0, 0.1) is 23.2 Å². The molecule has 2 aliphatic carbocycles. The summed E-state index contributed by atoms with van der Waals surface area (Å²) in [6.07, 6.45) is 5.55. The fraction of sp³-hybridized carbons (Fsp3) is 0.654. The fourth-order valence-electron chi connectivity index (χ4n) is 6.71. The average Bonchev–Trinajstić information content (AvgIpc) is 3.07. The Morgan fingerprint density at radius 3 is 2.59 bits per heavy atom. The molecule has 1 aromatic carbocycles. The zero-order valence-corrected chi connectivity index (χ0v) is 19.7. The van der Waals surface area contributed by atoms with Gasteiger partial charge in [0.05, 0.1) is 17.6 Å². The van der Waals surface area contributed by atoms with E-state index in [4.69, 9.17) is 16.3 Å². The summed E-state index contributed by atoms with van der Waals surface area (Å²) >= 11 is 6.00. The number of carbonyl (C=O) groups is 1. The number of likely N-dealkylation sites (tertiary alicyclic amines) is 1. The van der Waals surface area contributed by atoms with Gasteiger partial charge in [-0.2, -0.15) is 0 Å². The highest BCUT2D eigenvalue weighted by atomic mass is 35.5. The molecule has 2 saturated heterocycles. The largest absolute Gasteiger partial charge is 0.461 e. The number of carbonyl (C=O) groups excluding carboxylic acids is 1. The van der Waals surface area contributed by atoms with Gasteiger partial charge in [0.1, 0.15) is 6.10 Å². The van der Waals surface area contributed by atoms with Crippen molar-refractivity contribution in [1.29, 1.82) is 0 Å². The minimum Gasteiger partial charge on any atom is -0.461 e. The Bertz CT molecular complexity index is 907. The first-order chi connectivity index (χ1) is 15.2. The van der Waals surface area contributed by atoms with Gasteiger partial charge in [-0.1, -0.05) is 49.2 Å². The quantitative estimate of drug-likeness (QED) is 0.529. The van der Waals surface area contributed by atoms with Crippen LogP contribution in [0.25, 0.3) is 0 Å². The maximum absolute atomic E-state index is 12.9.